The Bertz CT molecular complexity index is 1040. The summed E-state index contributed by atoms with van der Waals surface area (Å²) in [4.78, 5) is 11.9. The van der Waals surface area contributed by atoms with Crippen molar-refractivity contribution in [1.29, 1.82) is 0 Å². The molecule has 0 spiro atoms. The number of hydrogen-bond acceptors (Lipinski definition) is 7. The van der Waals surface area contributed by atoms with E-state index in [-0.39, 0.29) is 22.9 Å². The number of fused-ring (bicyclic) bond motifs is 1. The molecule has 1 aliphatic heterocycles. The highest BCUT2D eigenvalue weighted by Gasteiger charge is 2.36. The molecule has 0 aromatic carbocycles. The van der Waals surface area contributed by atoms with E-state index in [4.69, 9.17) is 0 Å². The molecule has 1 atom stereocenters. The van der Waals surface area contributed by atoms with Crippen LogP contribution in [0.3, 0.4) is 0 Å². The molecular formula is C17H21F5N6O2S. The van der Waals surface area contributed by atoms with Crippen LogP contribution in [0.15, 0.2) is 12.3 Å². The molecule has 2 N–H and O–H groups in total. The van der Waals surface area contributed by atoms with E-state index in [9.17, 15) is 30.4 Å². The minimum atomic E-state index is -4.61. The number of nitrogens with zero attached hydrogens (tertiary/aromatic N) is 4. The fraction of sp³-hybridized carbons (Fsp3) is 0.588. The van der Waals surface area contributed by atoms with Crippen molar-refractivity contribution in [2.45, 2.75) is 44.5 Å². The van der Waals surface area contributed by atoms with Gasteiger partial charge < -0.3 is 10.6 Å². The SMILES string of the molecule is C[C@@H](Nc1nc(C(F)F)cc2cnc(NC3CCN(S(C)(=O)=O)CC3)nc12)C(F)(F)F. The largest absolute Gasteiger partial charge is 0.408 e. The quantitative estimate of drug-likeness (QED) is 0.629. The van der Waals surface area contributed by atoms with E-state index < -0.39 is 40.2 Å². The van der Waals surface area contributed by atoms with Crippen LogP contribution in [-0.2, 0) is 10.0 Å². The van der Waals surface area contributed by atoms with Crippen molar-refractivity contribution < 1.29 is 30.4 Å². The van der Waals surface area contributed by atoms with Gasteiger partial charge in [-0.3, -0.25) is 0 Å². The zero-order valence-corrected chi connectivity index (χ0v) is 17.4. The monoisotopic (exact) mass is 468 g/mol. The fourth-order valence-corrected chi connectivity index (χ4v) is 4.02. The molecule has 1 fully saturated rings. The summed E-state index contributed by atoms with van der Waals surface area (Å²) < 4.78 is 89.7. The van der Waals surface area contributed by atoms with Crippen LogP contribution in [0.25, 0.3) is 10.9 Å². The standard InChI is InChI=1S/C17H21F5N6O2S/c1-9(17(20,21)22)24-15-13-10(7-12(26-15)14(18)19)8-23-16(27-13)25-11-3-5-28(6-4-11)31(2,29)30/h7-9,11,14H,3-6H2,1-2H3,(H,24,26)(H,23,25,27)/t9-/m1/s1. The molecule has 31 heavy (non-hydrogen) atoms. The maximum Gasteiger partial charge on any atom is 0.408 e. The van der Waals surface area contributed by atoms with Gasteiger partial charge in [0.15, 0.2) is 5.82 Å². The van der Waals surface area contributed by atoms with Crippen LogP contribution >= 0.6 is 0 Å². The molecule has 1 saturated heterocycles. The molecule has 2 aromatic heterocycles. The number of pyridine rings is 1. The van der Waals surface area contributed by atoms with Gasteiger partial charge in [0, 0.05) is 30.7 Å². The highest BCUT2D eigenvalue weighted by Crippen LogP contribution is 2.30. The molecule has 0 radical (unpaired) electrons. The minimum Gasteiger partial charge on any atom is -0.357 e. The lowest BCUT2D eigenvalue weighted by atomic mass is 10.1. The Hall–Kier alpha value is -2.35. The predicted molar refractivity (Wildman–Crippen MR) is 104 cm³/mol. The first-order valence-electron chi connectivity index (χ1n) is 9.35. The molecule has 0 unspecified atom stereocenters. The number of alkyl halides is 5. The van der Waals surface area contributed by atoms with E-state index in [1.165, 1.54) is 10.5 Å². The molecule has 1 aliphatic rings. The summed E-state index contributed by atoms with van der Waals surface area (Å²) in [5, 5.41) is 5.25. The van der Waals surface area contributed by atoms with Gasteiger partial charge in [-0.1, -0.05) is 0 Å². The Morgan fingerprint density at radius 2 is 1.84 bits per heavy atom. The number of nitrogens with one attached hydrogen (secondary N) is 2. The van der Waals surface area contributed by atoms with E-state index >= 15 is 0 Å². The van der Waals surface area contributed by atoms with Crippen LogP contribution in [0.4, 0.5) is 33.7 Å². The van der Waals surface area contributed by atoms with E-state index in [0.29, 0.717) is 25.9 Å². The molecule has 14 heteroatoms. The predicted octanol–water partition coefficient (Wildman–Crippen LogP) is 3.16. The molecule has 2 aromatic rings. The van der Waals surface area contributed by atoms with Gasteiger partial charge >= 0.3 is 6.18 Å². The number of anilines is 2. The fourth-order valence-electron chi connectivity index (χ4n) is 3.14. The Labute approximate surface area is 175 Å². The van der Waals surface area contributed by atoms with E-state index in [2.05, 4.69) is 25.6 Å². The minimum absolute atomic E-state index is 0.0356. The Morgan fingerprint density at radius 1 is 1.19 bits per heavy atom. The van der Waals surface area contributed by atoms with Crippen molar-refractivity contribution in [3.05, 3.63) is 18.0 Å². The van der Waals surface area contributed by atoms with Crippen molar-refractivity contribution >= 4 is 32.7 Å². The summed E-state index contributed by atoms with van der Waals surface area (Å²) in [6.07, 6.45) is -4.28. The van der Waals surface area contributed by atoms with Gasteiger partial charge in [-0.05, 0) is 25.8 Å². The third-order valence-corrected chi connectivity index (χ3v) is 6.21. The summed E-state index contributed by atoms with van der Waals surface area (Å²) >= 11 is 0. The maximum absolute atomic E-state index is 13.1. The average Bonchev–Trinajstić information content (AvgIpc) is 2.67. The van der Waals surface area contributed by atoms with Crippen LogP contribution in [0.2, 0.25) is 0 Å². The Balaban J connectivity index is 1.86. The number of aromatic nitrogens is 3. The van der Waals surface area contributed by atoms with Gasteiger partial charge in [-0.15, -0.1) is 0 Å². The van der Waals surface area contributed by atoms with Crippen molar-refractivity contribution in [2.75, 3.05) is 30.0 Å². The van der Waals surface area contributed by atoms with Crippen LogP contribution in [0.1, 0.15) is 31.9 Å². The lowest BCUT2D eigenvalue weighted by Crippen LogP contribution is -2.42. The van der Waals surface area contributed by atoms with Gasteiger partial charge in [0.1, 0.15) is 17.3 Å². The molecule has 3 heterocycles. The third kappa shape index (κ3) is 5.67. The van der Waals surface area contributed by atoms with Crippen molar-refractivity contribution in [2.24, 2.45) is 0 Å². The number of piperidine rings is 1. The summed E-state index contributed by atoms with van der Waals surface area (Å²) in [5.41, 5.74) is -0.728. The van der Waals surface area contributed by atoms with Crippen LogP contribution in [0, 0.1) is 0 Å². The Kier molecular flexibility index (Phi) is 6.51. The first kappa shape index (κ1) is 23.3. The van der Waals surface area contributed by atoms with Gasteiger partial charge in [-0.2, -0.15) is 13.2 Å². The van der Waals surface area contributed by atoms with Crippen LogP contribution < -0.4 is 10.6 Å². The first-order chi connectivity index (χ1) is 14.3. The zero-order valence-electron chi connectivity index (χ0n) is 16.6. The van der Waals surface area contributed by atoms with E-state index in [1.807, 2.05) is 0 Å². The smallest absolute Gasteiger partial charge is 0.357 e. The second kappa shape index (κ2) is 8.65. The van der Waals surface area contributed by atoms with Crippen LogP contribution in [0.5, 0.6) is 0 Å². The maximum atomic E-state index is 13.1. The number of sulfonamides is 1. The van der Waals surface area contributed by atoms with Gasteiger partial charge in [-0.25, -0.2) is 36.5 Å². The molecule has 3 rings (SSSR count). The number of rotatable bonds is 6. The number of hydrogen-bond donors (Lipinski definition) is 2. The van der Waals surface area contributed by atoms with Crippen LogP contribution in [-0.4, -0.2) is 65.3 Å². The average molecular weight is 468 g/mol. The third-order valence-electron chi connectivity index (χ3n) is 4.91. The van der Waals surface area contributed by atoms with E-state index in [1.54, 1.807) is 0 Å². The topological polar surface area (TPSA) is 100 Å². The van der Waals surface area contributed by atoms with E-state index in [0.717, 1.165) is 19.2 Å². The Morgan fingerprint density at radius 3 is 2.39 bits per heavy atom. The van der Waals surface area contributed by atoms with Crippen molar-refractivity contribution in [1.82, 2.24) is 19.3 Å². The molecular weight excluding hydrogens is 447 g/mol. The summed E-state index contributed by atoms with van der Waals surface area (Å²) in [6.45, 7) is 1.46. The molecule has 0 saturated carbocycles. The summed E-state index contributed by atoms with van der Waals surface area (Å²) in [6, 6.07) is -1.17. The lowest BCUT2D eigenvalue weighted by molar-refractivity contribution is -0.138. The normalized spacial score (nSPS) is 17.8. The van der Waals surface area contributed by atoms with Gasteiger partial charge in [0.2, 0.25) is 16.0 Å². The number of halogens is 5. The summed E-state index contributed by atoms with van der Waals surface area (Å²) in [5.74, 6) is -0.338. The zero-order chi connectivity index (χ0) is 23.0. The second-order valence-corrected chi connectivity index (χ2v) is 9.30. The highest BCUT2D eigenvalue weighted by atomic mass is 32.2. The molecule has 8 nitrogen and oxygen atoms in total. The molecule has 0 bridgehead atoms. The molecule has 0 amide bonds. The van der Waals surface area contributed by atoms with Gasteiger partial charge in [0.25, 0.3) is 6.43 Å². The molecule has 172 valence electrons. The molecule has 0 aliphatic carbocycles. The summed E-state index contributed by atoms with van der Waals surface area (Å²) in [7, 11) is -3.29. The van der Waals surface area contributed by atoms with Crippen molar-refractivity contribution in [3.8, 4) is 0 Å². The van der Waals surface area contributed by atoms with Crippen molar-refractivity contribution in [3.63, 3.8) is 0 Å². The highest BCUT2D eigenvalue weighted by molar-refractivity contribution is 7.88. The lowest BCUT2D eigenvalue weighted by Gasteiger charge is -2.30. The second-order valence-electron chi connectivity index (χ2n) is 7.32. The van der Waals surface area contributed by atoms with Gasteiger partial charge in [0.05, 0.1) is 6.26 Å². The first-order valence-corrected chi connectivity index (χ1v) is 11.2.